The highest BCUT2D eigenvalue weighted by molar-refractivity contribution is 5.99. The molecular formula is C24H20FN5O4. The first-order valence-corrected chi connectivity index (χ1v) is 10.6. The van der Waals surface area contributed by atoms with Gasteiger partial charge in [0, 0.05) is 30.1 Å². The predicted octanol–water partition coefficient (Wildman–Crippen LogP) is 3.69. The zero-order valence-electron chi connectivity index (χ0n) is 18.0. The maximum atomic E-state index is 13.5. The van der Waals surface area contributed by atoms with Crippen LogP contribution in [0, 0.1) is 0 Å². The smallest absolute Gasteiger partial charge is 0.255 e. The number of benzene rings is 2. The van der Waals surface area contributed by atoms with Gasteiger partial charge in [0.05, 0.1) is 11.9 Å². The molecule has 0 saturated heterocycles. The fourth-order valence-corrected chi connectivity index (χ4v) is 4.04. The number of aromatic nitrogens is 4. The van der Waals surface area contributed by atoms with Gasteiger partial charge in [-0.25, -0.2) is 4.39 Å². The van der Waals surface area contributed by atoms with Crippen molar-refractivity contribution in [3.05, 3.63) is 89.3 Å². The van der Waals surface area contributed by atoms with Gasteiger partial charge in [0.2, 0.25) is 5.89 Å². The van der Waals surface area contributed by atoms with E-state index in [9.17, 15) is 19.4 Å². The van der Waals surface area contributed by atoms with E-state index in [4.69, 9.17) is 4.42 Å². The number of nitrogens with zero attached hydrogens (tertiary/aromatic N) is 5. The molecule has 0 radical (unpaired) electrons. The van der Waals surface area contributed by atoms with Crippen LogP contribution in [0.1, 0.15) is 58.3 Å². The highest BCUT2D eigenvalue weighted by Gasteiger charge is 2.39. The summed E-state index contributed by atoms with van der Waals surface area (Å²) in [5, 5.41) is 28.7. The van der Waals surface area contributed by atoms with Crippen molar-refractivity contribution in [2.75, 3.05) is 0 Å². The van der Waals surface area contributed by atoms with Crippen LogP contribution in [0.5, 0.6) is 5.75 Å². The molecule has 1 amide bonds. The minimum Gasteiger partial charge on any atom is -0.508 e. The van der Waals surface area contributed by atoms with Gasteiger partial charge in [0.25, 0.3) is 11.8 Å². The third kappa shape index (κ3) is 3.88. The molecule has 3 atom stereocenters. The van der Waals surface area contributed by atoms with Gasteiger partial charge in [0.15, 0.2) is 6.17 Å². The largest absolute Gasteiger partial charge is 0.508 e. The molecule has 1 unspecified atom stereocenters. The summed E-state index contributed by atoms with van der Waals surface area (Å²) < 4.78 is 18.9. The Morgan fingerprint density at radius 1 is 1.15 bits per heavy atom. The van der Waals surface area contributed by atoms with E-state index >= 15 is 0 Å². The summed E-state index contributed by atoms with van der Waals surface area (Å²) in [4.78, 5) is 23.4. The number of amides is 1. The van der Waals surface area contributed by atoms with E-state index in [1.54, 1.807) is 30.3 Å². The first-order chi connectivity index (χ1) is 16.4. The van der Waals surface area contributed by atoms with Crippen LogP contribution in [0.4, 0.5) is 4.39 Å². The highest BCUT2D eigenvalue weighted by Crippen LogP contribution is 2.40. The molecule has 0 spiro atoms. The molecule has 0 aliphatic carbocycles. The Morgan fingerprint density at radius 3 is 2.71 bits per heavy atom. The average molecular weight is 461 g/mol. The zero-order valence-corrected chi connectivity index (χ0v) is 18.0. The van der Waals surface area contributed by atoms with E-state index in [-0.39, 0.29) is 30.0 Å². The Morgan fingerprint density at radius 2 is 2.00 bits per heavy atom. The van der Waals surface area contributed by atoms with Crippen molar-refractivity contribution in [2.24, 2.45) is 0 Å². The molecule has 2 aromatic carbocycles. The fourth-order valence-electron chi connectivity index (χ4n) is 4.04. The van der Waals surface area contributed by atoms with E-state index in [0.717, 1.165) is 5.56 Å². The van der Waals surface area contributed by atoms with Crippen LogP contribution in [-0.2, 0) is 6.54 Å². The molecule has 4 aromatic rings. The molecule has 10 heteroatoms. The third-order valence-electron chi connectivity index (χ3n) is 5.70. The predicted molar refractivity (Wildman–Crippen MR) is 117 cm³/mol. The van der Waals surface area contributed by atoms with Crippen molar-refractivity contribution in [2.45, 2.75) is 31.8 Å². The van der Waals surface area contributed by atoms with Crippen molar-refractivity contribution in [3.8, 4) is 17.2 Å². The van der Waals surface area contributed by atoms with Crippen LogP contribution in [0.15, 0.2) is 65.5 Å². The summed E-state index contributed by atoms with van der Waals surface area (Å²) >= 11 is 0. The van der Waals surface area contributed by atoms with Crippen molar-refractivity contribution >= 4 is 5.91 Å². The molecule has 1 aliphatic rings. The molecule has 0 bridgehead atoms. The monoisotopic (exact) mass is 461 g/mol. The number of alkyl halides is 1. The van der Waals surface area contributed by atoms with Gasteiger partial charge in [-0.1, -0.05) is 18.2 Å². The van der Waals surface area contributed by atoms with E-state index in [1.165, 1.54) is 42.5 Å². The molecule has 0 saturated carbocycles. The number of hydrogen-bond acceptors (Lipinski definition) is 8. The second-order valence-corrected chi connectivity index (χ2v) is 7.98. The van der Waals surface area contributed by atoms with Crippen LogP contribution < -0.4 is 0 Å². The number of hydrogen-bond donors (Lipinski definition) is 2. The number of phenolic OH excluding ortho intramolecular Hbond substituents is 1. The lowest BCUT2D eigenvalue weighted by atomic mass is 9.98. The van der Waals surface area contributed by atoms with Crippen molar-refractivity contribution in [1.82, 2.24) is 25.1 Å². The van der Waals surface area contributed by atoms with Gasteiger partial charge in [0.1, 0.15) is 17.9 Å². The Bertz CT molecular complexity index is 1340. The lowest BCUT2D eigenvalue weighted by Gasteiger charge is -2.31. The second kappa shape index (κ2) is 8.64. The SMILES string of the molecule is CC(F)c1nnc(-c2ccc3c(c2)C(=O)N([C@H](c2cnccn2)[C@@H](O)c2cccc(O)c2)C3)o1. The van der Waals surface area contributed by atoms with Crippen molar-refractivity contribution < 1.29 is 23.8 Å². The first kappa shape index (κ1) is 21.7. The second-order valence-electron chi connectivity index (χ2n) is 7.98. The third-order valence-corrected chi connectivity index (χ3v) is 5.70. The molecule has 1 aliphatic heterocycles. The molecule has 2 N–H and O–H groups in total. The number of fused-ring (bicyclic) bond motifs is 1. The zero-order chi connectivity index (χ0) is 23.8. The minimum atomic E-state index is -1.40. The van der Waals surface area contributed by atoms with Gasteiger partial charge in [-0.3, -0.25) is 14.8 Å². The topological polar surface area (TPSA) is 125 Å². The summed E-state index contributed by atoms with van der Waals surface area (Å²) in [6.45, 7) is 1.52. The molecular weight excluding hydrogens is 441 g/mol. The average Bonchev–Trinajstić information content (AvgIpc) is 3.46. The van der Waals surface area contributed by atoms with Gasteiger partial charge in [-0.05, 0) is 42.3 Å². The normalized spacial score (nSPS) is 15.7. The Labute approximate surface area is 193 Å². The van der Waals surface area contributed by atoms with Crippen LogP contribution >= 0.6 is 0 Å². The van der Waals surface area contributed by atoms with Crippen LogP contribution in [-0.4, -0.2) is 41.2 Å². The van der Waals surface area contributed by atoms with Crippen LogP contribution in [0.25, 0.3) is 11.5 Å². The van der Waals surface area contributed by atoms with E-state index in [0.29, 0.717) is 22.4 Å². The summed E-state index contributed by atoms with van der Waals surface area (Å²) in [5.41, 5.74) is 2.46. The number of carbonyl (C=O) groups excluding carboxylic acids is 1. The fraction of sp³-hybridized carbons (Fsp3) is 0.208. The van der Waals surface area contributed by atoms with Crippen LogP contribution in [0.3, 0.4) is 0 Å². The number of phenols is 1. The van der Waals surface area contributed by atoms with Gasteiger partial charge in [-0.2, -0.15) is 0 Å². The summed E-state index contributed by atoms with van der Waals surface area (Å²) in [5.74, 6) is -0.360. The summed E-state index contributed by atoms with van der Waals surface area (Å²) in [6.07, 6.45) is 1.91. The number of aromatic hydroxyl groups is 1. The van der Waals surface area contributed by atoms with Gasteiger partial charge < -0.3 is 19.5 Å². The van der Waals surface area contributed by atoms with E-state index in [2.05, 4.69) is 20.2 Å². The van der Waals surface area contributed by atoms with E-state index in [1.807, 2.05) is 0 Å². The highest BCUT2D eigenvalue weighted by atomic mass is 19.1. The number of rotatable bonds is 6. The van der Waals surface area contributed by atoms with Crippen molar-refractivity contribution in [3.63, 3.8) is 0 Å². The molecule has 9 nitrogen and oxygen atoms in total. The minimum absolute atomic E-state index is 0.00311. The van der Waals surface area contributed by atoms with E-state index < -0.39 is 18.3 Å². The Kier molecular flexibility index (Phi) is 5.50. The van der Waals surface area contributed by atoms with Crippen molar-refractivity contribution in [1.29, 1.82) is 0 Å². The Hall–Kier alpha value is -4.18. The van der Waals surface area contributed by atoms with Gasteiger partial charge in [-0.15, -0.1) is 10.2 Å². The number of aliphatic hydroxyl groups is 1. The standard InChI is InChI=1S/C24H20FN5O4/c1-13(25)22-28-29-23(34-22)15-5-6-16-12-30(24(33)18(16)10-15)20(19-11-26-7-8-27-19)21(32)14-3-2-4-17(31)9-14/h2-11,13,20-21,31-32H,12H2,1H3/t13?,20-,21+/m1/s1. The maximum Gasteiger partial charge on any atom is 0.255 e. The summed E-state index contributed by atoms with van der Waals surface area (Å²) in [7, 11) is 0. The number of carbonyl (C=O) groups is 1. The Balaban J connectivity index is 1.51. The lowest BCUT2D eigenvalue weighted by molar-refractivity contribution is 0.0345. The quantitative estimate of drug-likeness (QED) is 0.445. The first-order valence-electron chi connectivity index (χ1n) is 10.6. The maximum absolute atomic E-state index is 13.5. The lowest BCUT2D eigenvalue weighted by Crippen LogP contribution is -2.34. The number of aliphatic hydroxyl groups excluding tert-OH is 1. The molecule has 2 aromatic heterocycles. The summed E-state index contributed by atoms with van der Waals surface area (Å²) in [6, 6.07) is 10.5. The molecule has 34 heavy (non-hydrogen) atoms. The molecule has 3 heterocycles. The number of halogens is 1. The molecule has 5 rings (SSSR count). The molecule has 172 valence electrons. The van der Waals surface area contributed by atoms with Gasteiger partial charge >= 0.3 is 0 Å². The molecule has 0 fully saturated rings. The van der Waals surface area contributed by atoms with Crippen LogP contribution in [0.2, 0.25) is 0 Å².